The molecule has 1 N–H and O–H groups in total. The average Bonchev–Trinajstić information content (AvgIpc) is 3.23. The molecular formula is C18H14N2O3S2. The summed E-state index contributed by atoms with van der Waals surface area (Å²) in [6, 6.07) is 13.0. The highest BCUT2D eigenvalue weighted by molar-refractivity contribution is 8.15. The molecule has 126 valence electrons. The molecule has 1 aliphatic heterocycles. The van der Waals surface area contributed by atoms with Gasteiger partial charge < -0.3 is 9.84 Å². The van der Waals surface area contributed by atoms with Crippen molar-refractivity contribution in [2.24, 2.45) is 4.99 Å². The van der Waals surface area contributed by atoms with Gasteiger partial charge in [0.2, 0.25) is 0 Å². The number of benzene rings is 2. The monoisotopic (exact) mass is 370 g/mol. The van der Waals surface area contributed by atoms with Crippen LogP contribution in [0.25, 0.3) is 10.2 Å². The first kappa shape index (κ1) is 16.1. The number of rotatable bonds is 4. The third-order valence-electron chi connectivity index (χ3n) is 3.74. The number of carboxylic acids is 1. The number of hydrogen-bond donors (Lipinski definition) is 1. The second-order valence-electron chi connectivity index (χ2n) is 5.66. The fourth-order valence-corrected chi connectivity index (χ4v) is 4.51. The van der Waals surface area contributed by atoms with E-state index in [-0.39, 0.29) is 0 Å². The molecule has 2 aromatic carbocycles. The summed E-state index contributed by atoms with van der Waals surface area (Å²) in [5, 5.41) is 10.5. The predicted octanol–water partition coefficient (Wildman–Crippen LogP) is 4.34. The number of aliphatic carboxylic acids is 1. The van der Waals surface area contributed by atoms with Gasteiger partial charge in [-0.1, -0.05) is 17.7 Å². The lowest BCUT2D eigenvalue weighted by molar-refractivity contribution is -0.137. The lowest BCUT2D eigenvalue weighted by atomic mass is 10.2. The van der Waals surface area contributed by atoms with Crippen LogP contribution < -0.4 is 4.74 Å². The highest BCUT2D eigenvalue weighted by atomic mass is 32.2. The number of ether oxygens (including phenoxy) is 1. The minimum atomic E-state index is -0.891. The molecule has 0 aliphatic carbocycles. The molecule has 1 aromatic heterocycles. The van der Waals surface area contributed by atoms with E-state index in [0.717, 1.165) is 26.7 Å². The molecule has 0 amide bonds. The van der Waals surface area contributed by atoms with Gasteiger partial charge in [-0.3, -0.25) is 4.99 Å². The first-order valence-corrected chi connectivity index (χ1v) is 9.47. The Labute approximate surface area is 152 Å². The first-order valence-electron chi connectivity index (χ1n) is 7.67. The van der Waals surface area contributed by atoms with Gasteiger partial charge in [0.15, 0.2) is 6.04 Å². The first-order chi connectivity index (χ1) is 12.1. The Morgan fingerprint density at radius 1 is 1.20 bits per heavy atom. The van der Waals surface area contributed by atoms with Crippen LogP contribution in [0.4, 0.5) is 0 Å². The number of aromatic nitrogens is 1. The zero-order valence-corrected chi connectivity index (χ0v) is 14.9. The number of aryl methyl sites for hydroxylation is 1. The molecule has 0 unspecified atom stereocenters. The smallest absolute Gasteiger partial charge is 0.329 e. The minimum absolute atomic E-state index is 0.461. The van der Waals surface area contributed by atoms with E-state index in [0.29, 0.717) is 10.8 Å². The number of hydrogen-bond acceptors (Lipinski definition) is 6. The van der Waals surface area contributed by atoms with Crippen molar-refractivity contribution in [1.82, 2.24) is 4.98 Å². The van der Waals surface area contributed by atoms with Crippen molar-refractivity contribution < 1.29 is 14.6 Å². The van der Waals surface area contributed by atoms with Crippen LogP contribution >= 0.6 is 23.1 Å². The molecule has 0 spiro atoms. The molecule has 1 atom stereocenters. The molecule has 5 nitrogen and oxygen atoms in total. The standard InChI is InChI=1S/C18H14N2O3S2/c1-10-2-4-11(5-3-10)23-12-6-7-13-15(8-12)25-17(19-13)16-20-14(9-24-16)18(21)22/h2-8,14H,9H2,1H3,(H,21,22)/t14-/m1/s1. The van der Waals surface area contributed by atoms with Gasteiger partial charge in [0.1, 0.15) is 21.6 Å². The van der Waals surface area contributed by atoms with E-state index in [2.05, 4.69) is 9.98 Å². The van der Waals surface area contributed by atoms with Gasteiger partial charge in [-0.25, -0.2) is 9.78 Å². The molecule has 0 saturated heterocycles. The van der Waals surface area contributed by atoms with Crippen LogP contribution in [-0.4, -0.2) is 32.9 Å². The Bertz CT molecular complexity index is 980. The Morgan fingerprint density at radius 2 is 1.96 bits per heavy atom. The second-order valence-corrected chi connectivity index (χ2v) is 7.70. The Hall–Kier alpha value is -2.38. The number of nitrogens with zero attached hydrogens (tertiary/aromatic N) is 2. The van der Waals surface area contributed by atoms with Crippen LogP contribution in [0.3, 0.4) is 0 Å². The van der Waals surface area contributed by atoms with E-state index in [1.54, 1.807) is 0 Å². The summed E-state index contributed by atoms with van der Waals surface area (Å²) in [6.45, 7) is 2.04. The van der Waals surface area contributed by atoms with Gasteiger partial charge in [0, 0.05) is 11.8 Å². The van der Waals surface area contributed by atoms with E-state index in [4.69, 9.17) is 9.84 Å². The summed E-state index contributed by atoms with van der Waals surface area (Å²) in [6.07, 6.45) is 0. The normalized spacial score (nSPS) is 16.8. The summed E-state index contributed by atoms with van der Waals surface area (Å²) in [7, 11) is 0. The van der Waals surface area contributed by atoms with Crippen molar-refractivity contribution in [3.8, 4) is 11.5 Å². The molecule has 0 bridgehead atoms. The number of thioether (sulfide) groups is 1. The Balaban J connectivity index is 1.60. The number of carboxylic acid groups (broad SMARTS) is 1. The molecule has 3 aromatic rings. The maximum Gasteiger partial charge on any atom is 0.329 e. The lowest BCUT2D eigenvalue weighted by Gasteiger charge is -2.05. The van der Waals surface area contributed by atoms with Crippen LogP contribution in [0.15, 0.2) is 47.5 Å². The lowest BCUT2D eigenvalue weighted by Crippen LogP contribution is -2.17. The second kappa shape index (κ2) is 6.50. The van der Waals surface area contributed by atoms with E-state index < -0.39 is 12.0 Å². The number of carbonyl (C=O) groups is 1. The molecule has 4 rings (SSSR count). The van der Waals surface area contributed by atoms with Crippen molar-refractivity contribution >= 4 is 44.3 Å². The SMILES string of the molecule is Cc1ccc(Oc2ccc3nc(C4=N[C@@H](C(=O)O)CS4)sc3c2)cc1. The van der Waals surface area contributed by atoms with Crippen LogP contribution in [-0.2, 0) is 4.79 Å². The highest BCUT2D eigenvalue weighted by Gasteiger charge is 2.26. The quantitative estimate of drug-likeness (QED) is 0.739. The molecule has 0 saturated carbocycles. The third kappa shape index (κ3) is 3.38. The minimum Gasteiger partial charge on any atom is -0.480 e. The summed E-state index contributed by atoms with van der Waals surface area (Å²) in [5.41, 5.74) is 2.04. The zero-order valence-electron chi connectivity index (χ0n) is 13.3. The number of thiazole rings is 1. The maximum atomic E-state index is 11.0. The van der Waals surface area contributed by atoms with Crippen LogP contribution in [0, 0.1) is 6.92 Å². The van der Waals surface area contributed by atoms with Crippen LogP contribution in [0.5, 0.6) is 11.5 Å². The Kier molecular flexibility index (Phi) is 4.19. The fourth-order valence-electron chi connectivity index (χ4n) is 2.42. The molecule has 25 heavy (non-hydrogen) atoms. The molecule has 2 heterocycles. The molecule has 0 radical (unpaired) electrons. The van der Waals surface area contributed by atoms with E-state index in [1.807, 2.05) is 49.4 Å². The zero-order chi connectivity index (χ0) is 17.4. The summed E-state index contributed by atoms with van der Waals surface area (Å²) >= 11 is 2.94. The topological polar surface area (TPSA) is 71.8 Å². The van der Waals surface area contributed by atoms with Gasteiger partial charge in [0.25, 0.3) is 0 Å². The van der Waals surface area contributed by atoms with E-state index >= 15 is 0 Å². The van der Waals surface area contributed by atoms with Crippen molar-refractivity contribution in [2.45, 2.75) is 13.0 Å². The molecular weight excluding hydrogens is 356 g/mol. The number of fused-ring (bicyclic) bond motifs is 1. The van der Waals surface area contributed by atoms with Crippen molar-refractivity contribution in [3.63, 3.8) is 0 Å². The maximum absolute atomic E-state index is 11.0. The van der Waals surface area contributed by atoms with Crippen LogP contribution in [0.1, 0.15) is 10.6 Å². The number of aliphatic imine (C=N–C) groups is 1. The fraction of sp³-hybridized carbons (Fsp3) is 0.167. The van der Waals surface area contributed by atoms with E-state index in [9.17, 15) is 4.79 Å². The van der Waals surface area contributed by atoms with Crippen molar-refractivity contribution in [1.29, 1.82) is 0 Å². The average molecular weight is 370 g/mol. The van der Waals surface area contributed by atoms with Gasteiger partial charge in [0.05, 0.1) is 10.2 Å². The summed E-state index contributed by atoms with van der Waals surface area (Å²) in [5.74, 6) is 1.10. The van der Waals surface area contributed by atoms with E-state index in [1.165, 1.54) is 28.7 Å². The van der Waals surface area contributed by atoms with Gasteiger partial charge >= 0.3 is 5.97 Å². The van der Waals surface area contributed by atoms with Crippen molar-refractivity contribution in [3.05, 3.63) is 53.0 Å². The third-order valence-corrected chi connectivity index (χ3v) is 5.94. The highest BCUT2D eigenvalue weighted by Crippen LogP contribution is 2.32. The molecule has 7 heteroatoms. The van der Waals surface area contributed by atoms with Gasteiger partial charge in [-0.05, 0) is 31.2 Å². The molecule has 0 fully saturated rings. The van der Waals surface area contributed by atoms with Crippen molar-refractivity contribution in [2.75, 3.05) is 5.75 Å². The largest absolute Gasteiger partial charge is 0.480 e. The van der Waals surface area contributed by atoms with Gasteiger partial charge in [-0.2, -0.15) is 0 Å². The summed E-state index contributed by atoms with van der Waals surface area (Å²) < 4.78 is 6.88. The Morgan fingerprint density at radius 3 is 2.68 bits per heavy atom. The predicted molar refractivity (Wildman–Crippen MR) is 101 cm³/mol. The van der Waals surface area contributed by atoms with Gasteiger partial charge in [-0.15, -0.1) is 23.1 Å². The molecule has 1 aliphatic rings. The summed E-state index contributed by atoms with van der Waals surface area (Å²) in [4.78, 5) is 19.9. The van der Waals surface area contributed by atoms with Crippen LogP contribution in [0.2, 0.25) is 0 Å².